The summed E-state index contributed by atoms with van der Waals surface area (Å²) in [6.07, 6.45) is 0.852. The number of anilines is 1. The van der Waals surface area contributed by atoms with Gasteiger partial charge in [-0.3, -0.25) is 0 Å². The van der Waals surface area contributed by atoms with Gasteiger partial charge in [0.15, 0.2) is 5.65 Å². The molecule has 0 fully saturated rings. The largest absolute Gasteiger partial charge is 0.462 e. The minimum absolute atomic E-state index is 0.0703. The first-order valence-corrected chi connectivity index (χ1v) is 9.29. The third-order valence-corrected chi connectivity index (χ3v) is 4.55. The molecule has 0 atom stereocenters. The molecule has 3 rings (SSSR count). The Balaban J connectivity index is 2.37. The van der Waals surface area contributed by atoms with Crippen molar-refractivity contribution in [3.8, 4) is 0 Å². The Hall–Kier alpha value is -2.63. The average Bonchev–Trinajstić information content (AvgIpc) is 2.82. The van der Waals surface area contributed by atoms with E-state index in [1.54, 1.807) is 6.92 Å². The van der Waals surface area contributed by atoms with Crippen LogP contribution in [0.1, 0.15) is 58.3 Å². The normalized spacial score (nSPS) is 12.7. The van der Waals surface area contributed by atoms with Gasteiger partial charge in [-0.1, -0.05) is 32.9 Å². The molecule has 2 aromatic heterocycles. The molecule has 3 aromatic rings. The van der Waals surface area contributed by atoms with Crippen molar-refractivity contribution in [2.75, 3.05) is 12.3 Å². The van der Waals surface area contributed by atoms with E-state index in [1.807, 2.05) is 28.8 Å². The summed E-state index contributed by atoms with van der Waals surface area (Å²) in [6.45, 7) is 12.8. The van der Waals surface area contributed by atoms with Crippen molar-refractivity contribution < 1.29 is 9.53 Å². The number of fused-ring (bicyclic) bond motifs is 2. The molecule has 0 saturated carbocycles. The summed E-state index contributed by atoms with van der Waals surface area (Å²) in [7, 11) is 0. The third kappa shape index (κ3) is 3.48. The fourth-order valence-electron chi connectivity index (χ4n) is 4.06. The van der Waals surface area contributed by atoms with Crippen LogP contribution in [0.3, 0.4) is 0 Å². The molecule has 6 heteroatoms. The summed E-state index contributed by atoms with van der Waals surface area (Å²) >= 11 is 0. The molecule has 0 aliphatic heterocycles. The van der Waals surface area contributed by atoms with Crippen LogP contribution < -0.4 is 5.73 Å². The summed E-state index contributed by atoms with van der Waals surface area (Å²) in [4.78, 5) is 22.2. The van der Waals surface area contributed by atoms with Crippen molar-refractivity contribution in [1.29, 1.82) is 0 Å². The predicted molar refractivity (Wildman–Crippen MR) is 109 cm³/mol. The molecule has 0 radical (unpaired) electrons. The molecule has 27 heavy (non-hydrogen) atoms. The molecule has 144 valence electrons. The molecule has 2 N–H and O–H groups in total. The topological polar surface area (TPSA) is 83.0 Å². The van der Waals surface area contributed by atoms with Crippen molar-refractivity contribution >= 4 is 34.0 Å². The first-order valence-electron chi connectivity index (χ1n) is 9.29. The number of nitrogens with two attached hydrogens (primary N) is 1. The van der Waals surface area contributed by atoms with Gasteiger partial charge in [0.2, 0.25) is 0 Å². The van der Waals surface area contributed by atoms with Crippen LogP contribution in [-0.4, -0.2) is 27.1 Å². The molecule has 2 heterocycles. The van der Waals surface area contributed by atoms with Crippen molar-refractivity contribution in [2.45, 2.75) is 53.5 Å². The number of aromatic nitrogens is 3. The molecule has 0 aliphatic carbocycles. The highest BCUT2D eigenvalue weighted by Gasteiger charge is 2.34. The smallest absolute Gasteiger partial charge is 0.344 e. The van der Waals surface area contributed by atoms with Gasteiger partial charge < -0.3 is 15.0 Å². The van der Waals surface area contributed by atoms with Crippen LogP contribution in [-0.2, 0) is 10.3 Å². The van der Waals surface area contributed by atoms with E-state index in [-0.39, 0.29) is 17.6 Å². The van der Waals surface area contributed by atoms with Gasteiger partial charge >= 0.3 is 5.97 Å². The average molecular weight is 368 g/mol. The molecular formula is C21H28N4O2. The molecule has 0 spiro atoms. The maximum Gasteiger partial charge on any atom is 0.344 e. The zero-order valence-corrected chi connectivity index (χ0v) is 17.0. The molecule has 0 bridgehead atoms. The first kappa shape index (κ1) is 19.1. The van der Waals surface area contributed by atoms with Gasteiger partial charge in [-0.15, -0.1) is 0 Å². The molecular weight excluding hydrogens is 340 g/mol. The zero-order valence-electron chi connectivity index (χ0n) is 17.0. The maximum atomic E-state index is 12.7. The summed E-state index contributed by atoms with van der Waals surface area (Å²) < 4.78 is 7.20. The Morgan fingerprint density at radius 1 is 1.11 bits per heavy atom. The number of para-hydroxylation sites is 2. The summed E-state index contributed by atoms with van der Waals surface area (Å²) in [6, 6.07) is 7.61. The standard InChI is InChI=1S/C21H28N4O2/c1-7-27-19(26)15-16-18(24-14-11-9-8-10-13(14)23-16)25(17(15)22)21(5,6)12-20(2,3)4/h8-11H,7,12,22H2,1-6H3. The number of esters is 1. The molecule has 1 aromatic carbocycles. The SMILES string of the molecule is CCOC(=O)c1c(N)n(C(C)(C)CC(C)(C)C)c2nc3ccccc3nc12. The molecule has 0 unspecified atom stereocenters. The second-order valence-electron chi connectivity index (χ2n) is 8.75. The lowest BCUT2D eigenvalue weighted by molar-refractivity contribution is 0.0529. The monoisotopic (exact) mass is 368 g/mol. The maximum absolute atomic E-state index is 12.7. The Bertz CT molecular complexity index is 1010. The van der Waals surface area contributed by atoms with Crippen molar-refractivity contribution in [1.82, 2.24) is 14.5 Å². The summed E-state index contributed by atoms with van der Waals surface area (Å²) in [5.41, 5.74) is 9.11. The quantitative estimate of drug-likeness (QED) is 0.685. The lowest BCUT2D eigenvalue weighted by Gasteiger charge is -2.35. The predicted octanol–water partition coefficient (Wildman–Crippen LogP) is 4.51. The highest BCUT2D eigenvalue weighted by Crippen LogP contribution is 2.39. The second kappa shape index (κ2) is 6.51. The van der Waals surface area contributed by atoms with E-state index in [9.17, 15) is 4.79 Å². The highest BCUT2D eigenvalue weighted by molar-refractivity contribution is 6.08. The van der Waals surface area contributed by atoms with Gasteiger partial charge in [-0.05, 0) is 44.7 Å². The van der Waals surface area contributed by atoms with Gasteiger partial charge in [0.05, 0.1) is 17.6 Å². The number of nitrogens with zero attached hydrogens (tertiary/aromatic N) is 3. The number of nitrogen functional groups attached to an aromatic ring is 1. The van der Waals surface area contributed by atoms with E-state index in [0.29, 0.717) is 22.5 Å². The van der Waals surface area contributed by atoms with Crippen LogP contribution in [0.4, 0.5) is 5.82 Å². The fourth-order valence-corrected chi connectivity index (χ4v) is 4.06. The number of hydrogen-bond acceptors (Lipinski definition) is 5. The Morgan fingerprint density at radius 3 is 2.26 bits per heavy atom. The molecule has 0 saturated heterocycles. The number of carbonyl (C=O) groups excluding carboxylic acids is 1. The van der Waals surface area contributed by atoms with Crippen molar-refractivity contribution in [3.05, 3.63) is 29.8 Å². The second-order valence-corrected chi connectivity index (χ2v) is 8.75. The van der Waals surface area contributed by atoms with Crippen molar-refractivity contribution in [2.24, 2.45) is 5.41 Å². The van der Waals surface area contributed by atoms with Crippen LogP contribution in [0.5, 0.6) is 0 Å². The number of carbonyl (C=O) groups is 1. The van der Waals surface area contributed by atoms with E-state index in [4.69, 9.17) is 20.4 Å². The minimum Gasteiger partial charge on any atom is -0.462 e. The lowest BCUT2D eigenvalue weighted by Crippen LogP contribution is -2.32. The summed E-state index contributed by atoms with van der Waals surface area (Å²) in [5, 5.41) is 0. The summed E-state index contributed by atoms with van der Waals surface area (Å²) in [5.74, 6) is -0.108. The third-order valence-electron chi connectivity index (χ3n) is 4.55. The van der Waals surface area contributed by atoms with Crippen LogP contribution in [0, 0.1) is 5.41 Å². The molecule has 6 nitrogen and oxygen atoms in total. The van der Waals surface area contributed by atoms with E-state index in [2.05, 4.69) is 34.6 Å². The van der Waals surface area contributed by atoms with Gasteiger partial charge in [0.25, 0.3) is 0 Å². The number of rotatable bonds is 4. The van der Waals surface area contributed by atoms with Crippen LogP contribution in [0.2, 0.25) is 0 Å². The highest BCUT2D eigenvalue weighted by atomic mass is 16.5. The Kier molecular flexibility index (Phi) is 4.62. The number of hydrogen-bond donors (Lipinski definition) is 1. The van der Waals surface area contributed by atoms with Gasteiger partial charge in [-0.2, -0.15) is 0 Å². The Labute approximate surface area is 159 Å². The van der Waals surface area contributed by atoms with Crippen molar-refractivity contribution in [3.63, 3.8) is 0 Å². The lowest BCUT2D eigenvalue weighted by atomic mass is 9.81. The van der Waals surface area contributed by atoms with Crippen LogP contribution in [0.15, 0.2) is 24.3 Å². The van der Waals surface area contributed by atoms with E-state index >= 15 is 0 Å². The van der Waals surface area contributed by atoms with Gasteiger partial charge in [-0.25, -0.2) is 14.8 Å². The number of benzene rings is 1. The van der Waals surface area contributed by atoms with Gasteiger partial charge in [0, 0.05) is 5.54 Å². The molecule has 0 aliphatic rings. The fraction of sp³-hybridized carbons (Fsp3) is 0.476. The van der Waals surface area contributed by atoms with E-state index in [1.165, 1.54) is 0 Å². The minimum atomic E-state index is -0.463. The van der Waals surface area contributed by atoms with Crippen LogP contribution in [0.25, 0.3) is 22.2 Å². The Morgan fingerprint density at radius 2 is 1.70 bits per heavy atom. The first-order chi connectivity index (χ1) is 12.5. The molecule has 0 amide bonds. The van der Waals surface area contributed by atoms with Gasteiger partial charge in [0.1, 0.15) is 16.9 Å². The number of ether oxygens (including phenoxy) is 1. The van der Waals surface area contributed by atoms with E-state index in [0.717, 1.165) is 17.5 Å². The zero-order chi connectivity index (χ0) is 20.0. The van der Waals surface area contributed by atoms with E-state index < -0.39 is 5.97 Å². The van der Waals surface area contributed by atoms with Crippen LogP contribution >= 0.6 is 0 Å².